The Morgan fingerprint density at radius 3 is 2.52 bits per heavy atom. The highest BCUT2D eigenvalue weighted by atomic mass is 19.2. The second kappa shape index (κ2) is 6.37. The highest BCUT2D eigenvalue weighted by molar-refractivity contribution is 5.59. The second-order valence-corrected chi connectivity index (χ2v) is 4.01. The average Bonchev–Trinajstić information content (AvgIpc) is 2.44. The summed E-state index contributed by atoms with van der Waals surface area (Å²) in [7, 11) is 1.45. The SMILES string of the molecule is COCc1nc(NN)cc(Nc2cc(F)cc(F)c2F)n1. The second-order valence-electron chi connectivity index (χ2n) is 4.01. The van der Waals surface area contributed by atoms with Crippen LogP contribution in [-0.2, 0) is 11.3 Å². The van der Waals surface area contributed by atoms with E-state index in [1.54, 1.807) is 0 Å². The van der Waals surface area contributed by atoms with Crippen LogP contribution in [0.25, 0.3) is 0 Å². The van der Waals surface area contributed by atoms with Crippen LogP contribution >= 0.6 is 0 Å². The molecule has 9 heteroatoms. The first-order chi connectivity index (χ1) is 10.0. The van der Waals surface area contributed by atoms with E-state index in [4.69, 9.17) is 10.6 Å². The molecule has 6 nitrogen and oxygen atoms in total. The minimum absolute atomic E-state index is 0.0875. The summed E-state index contributed by atoms with van der Waals surface area (Å²) < 4.78 is 44.7. The Hall–Kier alpha value is -2.39. The zero-order valence-corrected chi connectivity index (χ0v) is 11.0. The molecule has 21 heavy (non-hydrogen) atoms. The molecule has 1 aromatic carbocycles. The molecule has 1 heterocycles. The fraction of sp³-hybridized carbons (Fsp3) is 0.167. The Balaban J connectivity index is 2.37. The Morgan fingerprint density at radius 2 is 1.86 bits per heavy atom. The maximum atomic E-state index is 13.6. The van der Waals surface area contributed by atoms with Crippen molar-refractivity contribution in [2.45, 2.75) is 6.61 Å². The number of ether oxygens (including phenoxy) is 1. The van der Waals surface area contributed by atoms with Crippen LogP contribution in [0.2, 0.25) is 0 Å². The summed E-state index contributed by atoms with van der Waals surface area (Å²) in [5, 5.41) is 2.47. The number of nitrogens with one attached hydrogen (secondary N) is 2. The minimum atomic E-state index is -1.30. The molecule has 0 spiro atoms. The van der Waals surface area contributed by atoms with Gasteiger partial charge in [0.05, 0.1) is 5.69 Å². The first-order valence-electron chi connectivity index (χ1n) is 5.78. The van der Waals surface area contributed by atoms with Crippen molar-refractivity contribution in [3.8, 4) is 0 Å². The Morgan fingerprint density at radius 1 is 1.14 bits per heavy atom. The van der Waals surface area contributed by atoms with Gasteiger partial charge in [0, 0.05) is 25.3 Å². The van der Waals surface area contributed by atoms with E-state index < -0.39 is 23.1 Å². The van der Waals surface area contributed by atoms with E-state index >= 15 is 0 Å². The maximum absolute atomic E-state index is 13.6. The monoisotopic (exact) mass is 299 g/mol. The van der Waals surface area contributed by atoms with E-state index in [0.29, 0.717) is 6.07 Å². The van der Waals surface area contributed by atoms with Crippen molar-refractivity contribution in [2.75, 3.05) is 17.9 Å². The minimum Gasteiger partial charge on any atom is -0.377 e. The molecule has 2 aromatic rings. The van der Waals surface area contributed by atoms with Gasteiger partial charge in [-0.15, -0.1) is 0 Å². The molecule has 112 valence electrons. The van der Waals surface area contributed by atoms with E-state index in [9.17, 15) is 13.2 Å². The number of nitrogens with two attached hydrogens (primary N) is 1. The maximum Gasteiger partial charge on any atom is 0.182 e. The topological polar surface area (TPSA) is 85.1 Å². The van der Waals surface area contributed by atoms with Crippen LogP contribution < -0.4 is 16.6 Å². The van der Waals surface area contributed by atoms with Crippen LogP contribution in [0.4, 0.5) is 30.5 Å². The van der Waals surface area contributed by atoms with Crippen molar-refractivity contribution in [2.24, 2.45) is 5.84 Å². The number of anilines is 3. The third-order valence-electron chi connectivity index (χ3n) is 2.45. The number of hydrogen-bond acceptors (Lipinski definition) is 6. The van der Waals surface area contributed by atoms with Gasteiger partial charge in [-0.2, -0.15) is 0 Å². The highest BCUT2D eigenvalue weighted by Gasteiger charge is 2.13. The third-order valence-corrected chi connectivity index (χ3v) is 2.45. The predicted octanol–water partition coefficient (Wildman–Crippen LogP) is 2.07. The van der Waals surface area contributed by atoms with E-state index in [0.717, 1.165) is 6.07 Å². The quantitative estimate of drug-likeness (QED) is 0.445. The Bertz CT molecular complexity index is 653. The highest BCUT2D eigenvalue weighted by Crippen LogP contribution is 2.23. The number of nitrogen functional groups attached to an aromatic ring is 1. The molecule has 0 fully saturated rings. The van der Waals surface area contributed by atoms with Crippen molar-refractivity contribution < 1.29 is 17.9 Å². The molecule has 0 bridgehead atoms. The van der Waals surface area contributed by atoms with Crippen molar-refractivity contribution >= 4 is 17.3 Å². The molecule has 1 aromatic heterocycles. The van der Waals surface area contributed by atoms with E-state index in [1.165, 1.54) is 13.2 Å². The third kappa shape index (κ3) is 3.58. The van der Waals surface area contributed by atoms with Crippen LogP contribution in [0.1, 0.15) is 5.82 Å². The summed E-state index contributed by atoms with van der Waals surface area (Å²) in [6.07, 6.45) is 0. The molecular weight excluding hydrogens is 287 g/mol. The van der Waals surface area contributed by atoms with E-state index in [2.05, 4.69) is 20.7 Å². The van der Waals surface area contributed by atoms with Crippen molar-refractivity contribution in [3.63, 3.8) is 0 Å². The van der Waals surface area contributed by atoms with Crippen LogP contribution in [0.5, 0.6) is 0 Å². The molecule has 0 saturated heterocycles. The van der Waals surface area contributed by atoms with Gasteiger partial charge in [0.2, 0.25) is 0 Å². The predicted molar refractivity (Wildman–Crippen MR) is 70.2 cm³/mol. The Kier molecular flexibility index (Phi) is 4.55. The summed E-state index contributed by atoms with van der Waals surface area (Å²) in [5.74, 6) is 2.41. The van der Waals surface area contributed by atoms with Crippen molar-refractivity contribution in [1.82, 2.24) is 9.97 Å². The summed E-state index contributed by atoms with van der Waals surface area (Å²) >= 11 is 0. The summed E-state index contributed by atoms with van der Waals surface area (Å²) in [6, 6.07) is 2.61. The summed E-state index contributed by atoms with van der Waals surface area (Å²) in [6.45, 7) is 0.0875. The number of aromatic nitrogens is 2. The lowest BCUT2D eigenvalue weighted by Crippen LogP contribution is -2.12. The molecule has 0 unspecified atom stereocenters. The zero-order valence-electron chi connectivity index (χ0n) is 11.0. The molecule has 4 N–H and O–H groups in total. The van der Waals surface area contributed by atoms with Gasteiger partial charge < -0.3 is 15.5 Å². The number of nitrogens with zero attached hydrogens (tertiary/aromatic N) is 2. The van der Waals surface area contributed by atoms with Gasteiger partial charge in [0.15, 0.2) is 17.5 Å². The zero-order chi connectivity index (χ0) is 15.4. The molecule has 0 radical (unpaired) electrons. The number of rotatable bonds is 5. The van der Waals surface area contributed by atoms with Gasteiger partial charge >= 0.3 is 0 Å². The molecule has 0 aliphatic carbocycles. The lowest BCUT2D eigenvalue weighted by molar-refractivity contribution is 0.178. The average molecular weight is 299 g/mol. The number of benzene rings is 1. The smallest absolute Gasteiger partial charge is 0.182 e. The normalized spacial score (nSPS) is 10.5. The molecule has 0 saturated carbocycles. The molecule has 0 aliphatic rings. The Labute approximate surface area is 118 Å². The molecule has 0 atom stereocenters. The summed E-state index contributed by atoms with van der Waals surface area (Å²) in [5.41, 5.74) is 1.91. The van der Waals surface area contributed by atoms with Crippen molar-refractivity contribution in [1.29, 1.82) is 0 Å². The number of hydrazine groups is 1. The number of methoxy groups -OCH3 is 1. The molecule has 0 aliphatic heterocycles. The first-order valence-corrected chi connectivity index (χ1v) is 5.78. The fourth-order valence-corrected chi connectivity index (χ4v) is 1.61. The van der Waals surface area contributed by atoms with Crippen LogP contribution in [0, 0.1) is 17.5 Å². The number of hydrogen-bond donors (Lipinski definition) is 3. The summed E-state index contributed by atoms with van der Waals surface area (Å²) in [4.78, 5) is 8.00. The molecule has 0 amide bonds. The molecule has 2 rings (SSSR count). The molecular formula is C12H12F3N5O. The van der Waals surface area contributed by atoms with Crippen LogP contribution in [0.3, 0.4) is 0 Å². The number of halogens is 3. The van der Waals surface area contributed by atoms with E-state index in [-0.39, 0.29) is 24.1 Å². The van der Waals surface area contributed by atoms with Gasteiger partial charge in [0.25, 0.3) is 0 Å². The lowest BCUT2D eigenvalue weighted by Gasteiger charge is -2.10. The van der Waals surface area contributed by atoms with Crippen molar-refractivity contribution in [3.05, 3.63) is 41.5 Å². The van der Waals surface area contributed by atoms with Crippen LogP contribution in [0.15, 0.2) is 18.2 Å². The lowest BCUT2D eigenvalue weighted by atomic mass is 10.2. The first kappa shape index (κ1) is 15.0. The van der Waals surface area contributed by atoms with Gasteiger partial charge in [-0.25, -0.2) is 29.0 Å². The standard InChI is InChI=1S/C12H12F3N5O/c1-21-5-11-18-9(4-10(19-11)20-16)17-8-3-6(13)2-7(14)12(8)15/h2-4H,5,16H2,1H3,(H2,17,18,19,20). The van der Waals surface area contributed by atoms with Gasteiger partial charge in [0.1, 0.15) is 24.1 Å². The fourth-order valence-electron chi connectivity index (χ4n) is 1.61. The van der Waals surface area contributed by atoms with Gasteiger partial charge in [-0.3, -0.25) is 0 Å². The largest absolute Gasteiger partial charge is 0.377 e. The van der Waals surface area contributed by atoms with Gasteiger partial charge in [-0.1, -0.05) is 0 Å². The van der Waals surface area contributed by atoms with Crippen LogP contribution in [-0.4, -0.2) is 17.1 Å². The van der Waals surface area contributed by atoms with E-state index in [1.807, 2.05) is 0 Å². The van der Waals surface area contributed by atoms with Gasteiger partial charge in [-0.05, 0) is 0 Å².